The Hall–Kier alpha value is -5.08. The largest absolute Gasteiger partial charge is 0.353 e. The quantitative estimate of drug-likeness (QED) is 0.258. The summed E-state index contributed by atoms with van der Waals surface area (Å²) in [4.78, 5) is 3.74. The van der Waals surface area contributed by atoms with Crippen molar-refractivity contribution in [1.29, 1.82) is 0 Å². The zero-order chi connectivity index (χ0) is 25.1. The molecule has 0 aliphatic carbocycles. The lowest BCUT2D eigenvalue weighted by Crippen LogP contribution is -1.95. The molecule has 178 valence electrons. The number of nitrogens with zero attached hydrogens (tertiary/aromatic N) is 1. The number of H-pyrrole nitrogens is 1. The zero-order valence-corrected chi connectivity index (χ0v) is 20.7. The smallest absolute Gasteiger partial charge is 0.0783 e. The summed E-state index contributed by atoms with van der Waals surface area (Å²) in [7, 11) is 0. The van der Waals surface area contributed by atoms with Crippen LogP contribution in [0.4, 0.5) is 0 Å². The Bertz CT molecular complexity index is 2130. The number of para-hydroxylation sites is 2. The molecule has 2 aromatic heterocycles. The lowest BCUT2D eigenvalue weighted by Gasteiger charge is -2.12. The summed E-state index contributed by atoms with van der Waals surface area (Å²) >= 11 is 0. The fraction of sp³-hybridized carbons (Fsp3) is 0. The first-order valence-corrected chi connectivity index (χ1v) is 13.0. The molecule has 1 N–H and O–H groups in total. The average molecular weight is 485 g/mol. The lowest BCUT2D eigenvalue weighted by atomic mass is 9.99. The van der Waals surface area contributed by atoms with E-state index >= 15 is 0 Å². The molecular formula is C36H24N2. The van der Waals surface area contributed by atoms with Gasteiger partial charge in [-0.2, -0.15) is 0 Å². The number of aromatic nitrogens is 2. The Morgan fingerprint density at radius 2 is 1.05 bits per heavy atom. The van der Waals surface area contributed by atoms with Crippen molar-refractivity contribution in [3.8, 4) is 27.9 Å². The minimum atomic E-state index is 1.16. The van der Waals surface area contributed by atoms with Crippen molar-refractivity contribution in [1.82, 2.24) is 9.55 Å². The third-order valence-electron chi connectivity index (χ3n) is 7.72. The van der Waals surface area contributed by atoms with Crippen LogP contribution in [0.25, 0.3) is 71.6 Å². The van der Waals surface area contributed by atoms with Crippen molar-refractivity contribution >= 4 is 43.6 Å². The minimum absolute atomic E-state index is 1.16. The van der Waals surface area contributed by atoms with Crippen molar-refractivity contribution in [2.75, 3.05) is 0 Å². The van der Waals surface area contributed by atoms with Gasteiger partial charge in [-0.3, -0.25) is 0 Å². The van der Waals surface area contributed by atoms with Crippen LogP contribution in [0.5, 0.6) is 0 Å². The summed E-state index contributed by atoms with van der Waals surface area (Å²) in [5, 5.41) is 5.03. The van der Waals surface area contributed by atoms with Crippen LogP contribution < -0.4 is 0 Å². The molecule has 0 bridgehead atoms. The van der Waals surface area contributed by atoms with E-state index in [0.29, 0.717) is 0 Å². The number of nitrogens with one attached hydrogen (secondary N) is 1. The van der Waals surface area contributed by atoms with E-state index in [0.717, 1.165) is 5.69 Å². The van der Waals surface area contributed by atoms with Gasteiger partial charge in [-0.25, -0.2) is 0 Å². The number of aromatic amines is 1. The second kappa shape index (κ2) is 8.22. The molecule has 0 unspecified atom stereocenters. The molecule has 0 spiro atoms. The second-order valence-electron chi connectivity index (χ2n) is 9.90. The first-order chi connectivity index (χ1) is 18.8. The maximum atomic E-state index is 3.74. The van der Waals surface area contributed by atoms with Gasteiger partial charge in [0.05, 0.1) is 16.6 Å². The van der Waals surface area contributed by atoms with Gasteiger partial charge in [-0.1, -0.05) is 109 Å². The van der Waals surface area contributed by atoms with Crippen molar-refractivity contribution < 1.29 is 0 Å². The molecule has 2 nitrogen and oxygen atoms in total. The van der Waals surface area contributed by atoms with Crippen molar-refractivity contribution in [2.45, 2.75) is 0 Å². The number of benzene rings is 6. The van der Waals surface area contributed by atoms with Crippen LogP contribution in [-0.2, 0) is 0 Å². The van der Waals surface area contributed by atoms with Gasteiger partial charge in [0, 0.05) is 32.7 Å². The normalized spacial score (nSPS) is 11.7. The first kappa shape index (κ1) is 21.0. The molecule has 0 aliphatic rings. The summed E-state index contributed by atoms with van der Waals surface area (Å²) in [6, 6.07) is 50.2. The van der Waals surface area contributed by atoms with Gasteiger partial charge in [0.25, 0.3) is 0 Å². The van der Waals surface area contributed by atoms with Crippen molar-refractivity contribution in [2.24, 2.45) is 0 Å². The molecule has 0 saturated heterocycles. The van der Waals surface area contributed by atoms with Gasteiger partial charge in [0.1, 0.15) is 0 Å². The SMILES string of the molecule is c1ccc(-c2cccc(-c3cccc(-n4c5ccccc5c5ccc6c7ccccc7[nH]c6c54)c3)c2)cc1. The summed E-state index contributed by atoms with van der Waals surface area (Å²) < 4.78 is 2.42. The van der Waals surface area contributed by atoms with Crippen LogP contribution in [0, 0.1) is 0 Å². The zero-order valence-electron chi connectivity index (χ0n) is 20.7. The number of fused-ring (bicyclic) bond motifs is 7. The molecule has 38 heavy (non-hydrogen) atoms. The molecule has 0 aliphatic heterocycles. The van der Waals surface area contributed by atoms with Gasteiger partial charge in [0.15, 0.2) is 0 Å². The lowest BCUT2D eigenvalue weighted by molar-refractivity contribution is 1.18. The predicted molar refractivity (Wildman–Crippen MR) is 161 cm³/mol. The van der Waals surface area contributed by atoms with E-state index < -0.39 is 0 Å². The Morgan fingerprint density at radius 3 is 1.92 bits per heavy atom. The standard InChI is InChI=1S/C36H24N2/c1-2-10-24(11-3-1)25-12-8-13-26(22-25)27-14-9-15-28(23-27)38-34-19-7-5-17-30(34)32-21-20-31-29-16-4-6-18-33(29)37-35(31)36(32)38/h1-23,37H. The molecule has 2 heterocycles. The Morgan fingerprint density at radius 1 is 0.421 bits per heavy atom. The van der Waals surface area contributed by atoms with Gasteiger partial charge < -0.3 is 9.55 Å². The third kappa shape index (κ3) is 3.14. The van der Waals surface area contributed by atoms with E-state index in [-0.39, 0.29) is 0 Å². The number of rotatable bonds is 3. The van der Waals surface area contributed by atoms with Crippen LogP contribution >= 0.6 is 0 Å². The predicted octanol–water partition coefficient (Wildman–Crippen LogP) is 9.75. The molecular weight excluding hydrogens is 460 g/mol. The van der Waals surface area contributed by atoms with Crippen LogP contribution in [0.2, 0.25) is 0 Å². The minimum Gasteiger partial charge on any atom is -0.353 e. The maximum Gasteiger partial charge on any atom is 0.0783 e. The molecule has 0 atom stereocenters. The highest BCUT2D eigenvalue weighted by atomic mass is 15.0. The second-order valence-corrected chi connectivity index (χ2v) is 9.90. The van der Waals surface area contributed by atoms with E-state index in [1.165, 1.54) is 65.9 Å². The topological polar surface area (TPSA) is 20.7 Å². The maximum absolute atomic E-state index is 3.74. The van der Waals surface area contributed by atoms with Crippen LogP contribution in [-0.4, -0.2) is 9.55 Å². The number of hydrogen-bond donors (Lipinski definition) is 1. The van der Waals surface area contributed by atoms with Gasteiger partial charge in [-0.05, 0) is 52.6 Å². The van der Waals surface area contributed by atoms with E-state index in [4.69, 9.17) is 0 Å². The van der Waals surface area contributed by atoms with Crippen LogP contribution in [0.1, 0.15) is 0 Å². The van der Waals surface area contributed by atoms with Crippen LogP contribution in [0.3, 0.4) is 0 Å². The molecule has 2 heteroatoms. The molecule has 6 aromatic carbocycles. The summed E-state index contributed by atoms with van der Waals surface area (Å²) in [5.74, 6) is 0. The molecule has 0 amide bonds. The number of hydrogen-bond acceptors (Lipinski definition) is 0. The average Bonchev–Trinajstić information content (AvgIpc) is 3.54. The van der Waals surface area contributed by atoms with Gasteiger partial charge in [-0.15, -0.1) is 0 Å². The van der Waals surface area contributed by atoms with Crippen molar-refractivity contribution in [3.05, 3.63) is 140 Å². The Labute approximate surface area is 220 Å². The Kier molecular flexibility index (Phi) is 4.55. The fourth-order valence-corrected chi connectivity index (χ4v) is 5.97. The fourth-order valence-electron chi connectivity index (χ4n) is 5.97. The molecule has 0 fully saturated rings. The highest BCUT2D eigenvalue weighted by Crippen LogP contribution is 2.39. The summed E-state index contributed by atoms with van der Waals surface area (Å²) in [5.41, 5.74) is 10.8. The van der Waals surface area contributed by atoms with Crippen molar-refractivity contribution in [3.63, 3.8) is 0 Å². The highest BCUT2D eigenvalue weighted by molar-refractivity contribution is 6.22. The van der Waals surface area contributed by atoms with E-state index in [1.807, 2.05) is 0 Å². The molecule has 8 rings (SSSR count). The third-order valence-corrected chi connectivity index (χ3v) is 7.72. The molecule has 0 saturated carbocycles. The first-order valence-electron chi connectivity index (χ1n) is 13.0. The van der Waals surface area contributed by atoms with Gasteiger partial charge >= 0.3 is 0 Å². The summed E-state index contributed by atoms with van der Waals surface area (Å²) in [6.07, 6.45) is 0. The van der Waals surface area contributed by atoms with E-state index in [1.54, 1.807) is 0 Å². The van der Waals surface area contributed by atoms with E-state index in [2.05, 4.69) is 149 Å². The molecule has 8 aromatic rings. The van der Waals surface area contributed by atoms with E-state index in [9.17, 15) is 0 Å². The molecule has 0 radical (unpaired) electrons. The Balaban J connectivity index is 1.39. The van der Waals surface area contributed by atoms with Crippen LogP contribution in [0.15, 0.2) is 140 Å². The summed E-state index contributed by atoms with van der Waals surface area (Å²) in [6.45, 7) is 0. The highest BCUT2D eigenvalue weighted by Gasteiger charge is 2.17. The monoisotopic (exact) mass is 484 g/mol. The van der Waals surface area contributed by atoms with Gasteiger partial charge in [0.2, 0.25) is 0 Å².